The Balaban J connectivity index is 2.92. The molecule has 1 N–H and O–H groups in total. The van der Waals surface area contributed by atoms with Crippen LogP contribution in [0.25, 0.3) is 0 Å². The van der Waals surface area contributed by atoms with Crippen molar-refractivity contribution < 1.29 is 18.3 Å². The maximum Gasteiger partial charge on any atom is 0.322 e. The zero-order valence-corrected chi connectivity index (χ0v) is 11.2. The molecule has 0 spiro atoms. The standard InChI is InChI=1S/C11H21NO4S/c1-3-6-9(4-2)17(15,16)12-8-5-7-10(12)11(13)14/h9-10H,3-8H2,1-2H3,(H,13,14)/t9?,10-/m1/s1. The highest BCUT2D eigenvalue weighted by Crippen LogP contribution is 2.26. The molecule has 17 heavy (non-hydrogen) atoms. The van der Waals surface area contributed by atoms with E-state index in [-0.39, 0.29) is 0 Å². The first-order chi connectivity index (χ1) is 7.95. The van der Waals surface area contributed by atoms with Gasteiger partial charge in [0.2, 0.25) is 10.0 Å². The third kappa shape index (κ3) is 2.98. The number of sulfonamides is 1. The van der Waals surface area contributed by atoms with Crippen molar-refractivity contribution in [3.05, 3.63) is 0 Å². The Bertz CT molecular complexity index is 366. The zero-order valence-electron chi connectivity index (χ0n) is 10.4. The van der Waals surface area contributed by atoms with Crippen LogP contribution in [0, 0.1) is 0 Å². The van der Waals surface area contributed by atoms with E-state index in [2.05, 4.69) is 0 Å². The van der Waals surface area contributed by atoms with E-state index in [4.69, 9.17) is 5.11 Å². The van der Waals surface area contributed by atoms with Crippen LogP contribution in [0.5, 0.6) is 0 Å². The average molecular weight is 263 g/mol. The second kappa shape index (κ2) is 5.82. The molecule has 0 bridgehead atoms. The fourth-order valence-electron chi connectivity index (χ4n) is 2.37. The Labute approximate surface area is 103 Å². The minimum atomic E-state index is -3.45. The van der Waals surface area contributed by atoms with Gasteiger partial charge in [0.1, 0.15) is 6.04 Å². The predicted molar refractivity (Wildman–Crippen MR) is 65.3 cm³/mol. The lowest BCUT2D eigenvalue weighted by atomic mass is 10.2. The third-order valence-electron chi connectivity index (χ3n) is 3.30. The number of hydrogen-bond donors (Lipinski definition) is 1. The molecule has 100 valence electrons. The summed E-state index contributed by atoms with van der Waals surface area (Å²) in [5.74, 6) is -1.03. The molecule has 1 heterocycles. The fourth-order valence-corrected chi connectivity index (χ4v) is 4.64. The normalized spacial score (nSPS) is 23.8. The largest absolute Gasteiger partial charge is 0.480 e. The van der Waals surface area contributed by atoms with Gasteiger partial charge in [-0.25, -0.2) is 8.42 Å². The van der Waals surface area contributed by atoms with Crippen molar-refractivity contribution >= 4 is 16.0 Å². The van der Waals surface area contributed by atoms with Crippen molar-refractivity contribution in [2.75, 3.05) is 6.54 Å². The lowest BCUT2D eigenvalue weighted by Gasteiger charge is -2.26. The molecule has 1 unspecified atom stereocenters. The third-order valence-corrected chi connectivity index (χ3v) is 5.81. The van der Waals surface area contributed by atoms with Gasteiger partial charge in [-0.15, -0.1) is 0 Å². The Morgan fingerprint density at radius 2 is 2.12 bits per heavy atom. The van der Waals surface area contributed by atoms with Crippen LogP contribution in [-0.4, -0.2) is 41.6 Å². The van der Waals surface area contributed by atoms with Crippen LogP contribution in [-0.2, 0) is 14.8 Å². The van der Waals surface area contributed by atoms with Gasteiger partial charge in [0.15, 0.2) is 0 Å². The molecular weight excluding hydrogens is 242 g/mol. The Morgan fingerprint density at radius 1 is 1.47 bits per heavy atom. The average Bonchev–Trinajstić information content (AvgIpc) is 2.74. The van der Waals surface area contributed by atoms with Crippen LogP contribution >= 0.6 is 0 Å². The highest BCUT2D eigenvalue weighted by atomic mass is 32.2. The van der Waals surface area contributed by atoms with Crippen LogP contribution in [0.2, 0.25) is 0 Å². The summed E-state index contributed by atoms with van der Waals surface area (Å²) >= 11 is 0. The molecule has 1 saturated heterocycles. The van der Waals surface area contributed by atoms with Gasteiger partial charge in [0.25, 0.3) is 0 Å². The number of rotatable bonds is 6. The van der Waals surface area contributed by atoms with E-state index < -0.39 is 27.3 Å². The monoisotopic (exact) mass is 263 g/mol. The van der Waals surface area contributed by atoms with Gasteiger partial charge in [-0.2, -0.15) is 4.31 Å². The fraction of sp³-hybridized carbons (Fsp3) is 0.909. The SMILES string of the molecule is CCCC(CC)S(=O)(=O)N1CCC[C@@H]1C(=O)O. The molecule has 5 nitrogen and oxygen atoms in total. The lowest BCUT2D eigenvalue weighted by molar-refractivity contribution is -0.140. The van der Waals surface area contributed by atoms with Crippen molar-refractivity contribution in [2.24, 2.45) is 0 Å². The summed E-state index contributed by atoms with van der Waals surface area (Å²) < 4.78 is 25.9. The number of carbonyl (C=O) groups is 1. The van der Waals surface area contributed by atoms with Crippen LogP contribution in [0.15, 0.2) is 0 Å². The molecule has 1 rings (SSSR count). The molecular formula is C11H21NO4S. The maximum atomic E-state index is 12.3. The molecule has 6 heteroatoms. The first-order valence-electron chi connectivity index (χ1n) is 6.18. The summed E-state index contributed by atoms with van der Waals surface area (Å²) in [6.07, 6.45) is 3.00. The second-order valence-electron chi connectivity index (χ2n) is 4.47. The van der Waals surface area contributed by atoms with Gasteiger partial charge in [-0.3, -0.25) is 4.79 Å². The Hall–Kier alpha value is -0.620. The number of carboxylic acids is 1. The van der Waals surface area contributed by atoms with Gasteiger partial charge in [-0.05, 0) is 25.7 Å². The van der Waals surface area contributed by atoms with Crippen LogP contribution in [0.1, 0.15) is 46.0 Å². The van der Waals surface area contributed by atoms with E-state index in [1.54, 1.807) is 0 Å². The minimum absolute atomic E-state index is 0.347. The molecule has 0 aliphatic carbocycles. The van der Waals surface area contributed by atoms with Crippen LogP contribution in [0.4, 0.5) is 0 Å². The van der Waals surface area contributed by atoms with Gasteiger partial charge in [0.05, 0.1) is 5.25 Å². The van der Waals surface area contributed by atoms with Crippen molar-refractivity contribution in [2.45, 2.75) is 57.2 Å². The summed E-state index contributed by atoms with van der Waals surface area (Å²) in [6.45, 7) is 4.13. The summed E-state index contributed by atoms with van der Waals surface area (Å²) in [5, 5.41) is 8.59. The Morgan fingerprint density at radius 3 is 2.59 bits per heavy atom. The molecule has 0 amide bonds. The van der Waals surface area contributed by atoms with E-state index in [0.717, 1.165) is 6.42 Å². The number of hydrogen-bond acceptors (Lipinski definition) is 3. The second-order valence-corrected chi connectivity index (χ2v) is 6.64. The predicted octanol–water partition coefficient (Wildman–Crippen LogP) is 1.44. The first-order valence-corrected chi connectivity index (χ1v) is 7.68. The highest BCUT2D eigenvalue weighted by Gasteiger charge is 2.41. The highest BCUT2D eigenvalue weighted by molar-refractivity contribution is 7.89. The van der Waals surface area contributed by atoms with Gasteiger partial charge in [-0.1, -0.05) is 20.3 Å². The molecule has 1 aliphatic rings. The number of aliphatic carboxylic acids is 1. The van der Waals surface area contributed by atoms with E-state index >= 15 is 0 Å². The summed E-state index contributed by atoms with van der Waals surface area (Å²) in [4.78, 5) is 11.0. The molecule has 0 radical (unpaired) electrons. The summed E-state index contributed by atoms with van der Waals surface area (Å²) in [6, 6.07) is -0.856. The van der Waals surface area contributed by atoms with E-state index in [0.29, 0.717) is 32.2 Å². The molecule has 1 aliphatic heterocycles. The zero-order chi connectivity index (χ0) is 13.1. The number of nitrogens with zero attached hydrogens (tertiary/aromatic N) is 1. The molecule has 2 atom stereocenters. The van der Waals surface area contributed by atoms with Crippen LogP contribution in [0.3, 0.4) is 0 Å². The van der Waals surface area contributed by atoms with Crippen LogP contribution < -0.4 is 0 Å². The summed E-state index contributed by atoms with van der Waals surface area (Å²) in [5.41, 5.74) is 0. The van der Waals surface area contributed by atoms with Crippen molar-refractivity contribution in [1.82, 2.24) is 4.31 Å². The van der Waals surface area contributed by atoms with Gasteiger partial charge in [0, 0.05) is 6.54 Å². The first kappa shape index (κ1) is 14.4. The molecule has 0 aromatic carbocycles. The molecule has 0 aromatic rings. The number of carboxylic acid groups (broad SMARTS) is 1. The lowest BCUT2D eigenvalue weighted by Crippen LogP contribution is -2.44. The van der Waals surface area contributed by atoms with E-state index in [9.17, 15) is 13.2 Å². The molecule has 1 fully saturated rings. The van der Waals surface area contributed by atoms with Crippen molar-refractivity contribution in [3.63, 3.8) is 0 Å². The van der Waals surface area contributed by atoms with Crippen molar-refractivity contribution in [1.29, 1.82) is 0 Å². The summed E-state index contributed by atoms with van der Waals surface area (Å²) in [7, 11) is -3.45. The maximum absolute atomic E-state index is 12.3. The van der Waals surface area contributed by atoms with Gasteiger partial charge >= 0.3 is 5.97 Å². The van der Waals surface area contributed by atoms with E-state index in [1.807, 2.05) is 13.8 Å². The smallest absolute Gasteiger partial charge is 0.322 e. The molecule has 0 aromatic heterocycles. The Kier molecular flexibility index (Phi) is 4.94. The minimum Gasteiger partial charge on any atom is -0.480 e. The van der Waals surface area contributed by atoms with Crippen molar-refractivity contribution in [3.8, 4) is 0 Å². The quantitative estimate of drug-likeness (QED) is 0.787. The topological polar surface area (TPSA) is 74.7 Å². The van der Waals surface area contributed by atoms with Gasteiger partial charge < -0.3 is 5.11 Å². The molecule has 0 saturated carbocycles. The van der Waals surface area contributed by atoms with E-state index in [1.165, 1.54) is 4.31 Å².